The minimum absolute atomic E-state index is 0.0862. The van der Waals surface area contributed by atoms with E-state index in [1.54, 1.807) is 18.2 Å². The Morgan fingerprint density at radius 2 is 2.09 bits per heavy atom. The molecule has 1 saturated heterocycles. The normalized spacial score (nSPS) is 23.8. The number of carbonyl (C=O) groups is 3. The Balaban J connectivity index is 1.65. The largest absolute Gasteiger partial charge is 0.352 e. The molecule has 0 saturated carbocycles. The number of piperidine rings is 1. The lowest BCUT2D eigenvalue weighted by molar-refractivity contribution is -0.122. The molecular formula is C16H18BrN3O3. The highest BCUT2D eigenvalue weighted by atomic mass is 79.9. The molecule has 1 aromatic rings. The number of carbonyl (C=O) groups excluding carboxylic acids is 3. The molecule has 1 fully saturated rings. The SMILES string of the molecule is CC1CC(NC(=O)CN2C(=O)c3ccc(Br)cc3C2=O)CCN1. The number of benzene rings is 1. The number of nitrogens with one attached hydrogen (secondary N) is 2. The Kier molecular flexibility index (Phi) is 4.50. The van der Waals surface area contributed by atoms with Crippen molar-refractivity contribution in [2.45, 2.75) is 31.8 Å². The van der Waals surface area contributed by atoms with Gasteiger partial charge in [0.25, 0.3) is 11.8 Å². The van der Waals surface area contributed by atoms with E-state index in [0.717, 1.165) is 28.8 Å². The number of rotatable bonds is 3. The van der Waals surface area contributed by atoms with E-state index in [1.165, 1.54) is 0 Å². The number of hydrogen-bond acceptors (Lipinski definition) is 4. The van der Waals surface area contributed by atoms with Crippen LogP contribution in [0.5, 0.6) is 0 Å². The molecule has 0 aromatic heterocycles. The standard InChI is InChI=1S/C16H18BrN3O3/c1-9-6-11(4-5-18-9)19-14(21)8-20-15(22)12-3-2-10(17)7-13(12)16(20)23/h2-3,7,9,11,18H,4-6,8H2,1H3,(H,19,21). The number of nitrogens with zero attached hydrogens (tertiary/aromatic N) is 1. The van der Waals surface area contributed by atoms with Gasteiger partial charge < -0.3 is 10.6 Å². The van der Waals surface area contributed by atoms with Gasteiger partial charge in [-0.2, -0.15) is 0 Å². The molecule has 2 atom stereocenters. The molecule has 3 amide bonds. The Bertz CT molecular complexity index is 677. The molecule has 2 N–H and O–H groups in total. The van der Waals surface area contributed by atoms with Crippen molar-refractivity contribution >= 4 is 33.7 Å². The van der Waals surface area contributed by atoms with Crippen molar-refractivity contribution < 1.29 is 14.4 Å². The van der Waals surface area contributed by atoms with Gasteiger partial charge in [-0.1, -0.05) is 15.9 Å². The van der Waals surface area contributed by atoms with E-state index in [1.807, 2.05) is 0 Å². The topological polar surface area (TPSA) is 78.5 Å². The molecule has 122 valence electrons. The van der Waals surface area contributed by atoms with Crippen LogP contribution >= 0.6 is 15.9 Å². The summed E-state index contributed by atoms with van der Waals surface area (Å²) in [6, 6.07) is 5.37. The van der Waals surface area contributed by atoms with Crippen molar-refractivity contribution in [2.24, 2.45) is 0 Å². The zero-order chi connectivity index (χ0) is 16.6. The van der Waals surface area contributed by atoms with Crippen LogP contribution < -0.4 is 10.6 Å². The first-order valence-electron chi connectivity index (χ1n) is 7.64. The maximum atomic E-state index is 12.3. The molecule has 0 aliphatic carbocycles. The summed E-state index contributed by atoms with van der Waals surface area (Å²) in [5.41, 5.74) is 0.689. The van der Waals surface area contributed by atoms with E-state index < -0.39 is 11.8 Å². The maximum absolute atomic E-state index is 12.3. The summed E-state index contributed by atoms with van der Waals surface area (Å²) in [6.07, 6.45) is 1.70. The lowest BCUT2D eigenvalue weighted by Crippen LogP contribution is -2.49. The second-order valence-corrected chi connectivity index (χ2v) is 6.95. The summed E-state index contributed by atoms with van der Waals surface area (Å²) in [6.45, 7) is 2.69. The van der Waals surface area contributed by atoms with E-state index in [-0.39, 0.29) is 18.5 Å². The monoisotopic (exact) mass is 379 g/mol. The van der Waals surface area contributed by atoms with Crippen molar-refractivity contribution in [1.29, 1.82) is 0 Å². The van der Waals surface area contributed by atoms with Gasteiger partial charge >= 0.3 is 0 Å². The van der Waals surface area contributed by atoms with Gasteiger partial charge in [0.05, 0.1) is 11.1 Å². The molecule has 0 radical (unpaired) electrons. The van der Waals surface area contributed by atoms with E-state index >= 15 is 0 Å². The Morgan fingerprint density at radius 1 is 1.35 bits per heavy atom. The maximum Gasteiger partial charge on any atom is 0.262 e. The van der Waals surface area contributed by atoms with Crippen LogP contribution in [-0.4, -0.2) is 47.8 Å². The fourth-order valence-electron chi connectivity index (χ4n) is 3.09. The summed E-state index contributed by atoms with van der Waals surface area (Å²) in [5.74, 6) is -1.12. The van der Waals surface area contributed by atoms with E-state index in [0.29, 0.717) is 17.2 Å². The first kappa shape index (κ1) is 16.1. The van der Waals surface area contributed by atoms with E-state index in [4.69, 9.17) is 0 Å². The van der Waals surface area contributed by atoms with Gasteiger partial charge in [0.1, 0.15) is 6.54 Å². The fourth-order valence-corrected chi connectivity index (χ4v) is 3.45. The lowest BCUT2D eigenvalue weighted by Gasteiger charge is -2.29. The van der Waals surface area contributed by atoms with Crippen molar-refractivity contribution in [1.82, 2.24) is 15.5 Å². The Labute approximate surface area is 142 Å². The molecule has 2 unspecified atom stereocenters. The molecule has 3 rings (SSSR count). The van der Waals surface area contributed by atoms with Crippen molar-refractivity contribution in [3.63, 3.8) is 0 Å². The van der Waals surface area contributed by atoms with Crippen LogP contribution in [0.3, 0.4) is 0 Å². The summed E-state index contributed by atoms with van der Waals surface area (Å²) < 4.78 is 0.729. The molecule has 0 bridgehead atoms. The van der Waals surface area contributed by atoms with Gasteiger partial charge in [-0.25, -0.2) is 0 Å². The van der Waals surface area contributed by atoms with Crippen LogP contribution in [0.25, 0.3) is 0 Å². The Morgan fingerprint density at radius 3 is 2.83 bits per heavy atom. The number of imide groups is 1. The van der Waals surface area contributed by atoms with Crippen LogP contribution in [0.1, 0.15) is 40.5 Å². The fraction of sp³-hybridized carbons (Fsp3) is 0.438. The quantitative estimate of drug-likeness (QED) is 0.775. The number of amides is 3. The average molecular weight is 380 g/mol. The Hall–Kier alpha value is -1.73. The smallest absolute Gasteiger partial charge is 0.262 e. The van der Waals surface area contributed by atoms with Gasteiger partial charge in [-0.05, 0) is 44.5 Å². The van der Waals surface area contributed by atoms with Crippen molar-refractivity contribution in [3.8, 4) is 0 Å². The number of hydrogen-bond donors (Lipinski definition) is 2. The molecular weight excluding hydrogens is 362 g/mol. The first-order chi connectivity index (χ1) is 11.0. The summed E-state index contributed by atoms with van der Waals surface area (Å²) in [7, 11) is 0. The number of fused-ring (bicyclic) bond motifs is 1. The highest BCUT2D eigenvalue weighted by Crippen LogP contribution is 2.25. The third kappa shape index (κ3) is 3.30. The van der Waals surface area contributed by atoms with Gasteiger partial charge in [0.15, 0.2) is 0 Å². The molecule has 0 spiro atoms. The molecule has 1 aromatic carbocycles. The summed E-state index contributed by atoms with van der Waals surface area (Å²) >= 11 is 3.29. The highest BCUT2D eigenvalue weighted by Gasteiger charge is 2.37. The van der Waals surface area contributed by atoms with Crippen molar-refractivity contribution in [2.75, 3.05) is 13.1 Å². The molecule has 7 heteroatoms. The molecule has 2 aliphatic heterocycles. The van der Waals surface area contributed by atoms with Gasteiger partial charge in [-0.15, -0.1) is 0 Å². The predicted octanol–water partition coefficient (Wildman–Crippen LogP) is 1.30. The van der Waals surface area contributed by atoms with Crippen LogP contribution in [0.2, 0.25) is 0 Å². The van der Waals surface area contributed by atoms with E-state index in [9.17, 15) is 14.4 Å². The molecule has 2 aliphatic rings. The van der Waals surface area contributed by atoms with E-state index in [2.05, 4.69) is 33.5 Å². The van der Waals surface area contributed by atoms with Crippen molar-refractivity contribution in [3.05, 3.63) is 33.8 Å². The molecule has 2 heterocycles. The van der Waals surface area contributed by atoms with Crippen LogP contribution in [0, 0.1) is 0 Å². The third-order valence-corrected chi connectivity index (χ3v) is 4.72. The molecule has 6 nitrogen and oxygen atoms in total. The zero-order valence-electron chi connectivity index (χ0n) is 12.8. The van der Waals surface area contributed by atoms with Gasteiger partial charge in [0, 0.05) is 16.6 Å². The third-order valence-electron chi connectivity index (χ3n) is 4.22. The highest BCUT2D eigenvalue weighted by molar-refractivity contribution is 9.10. The minimum Gasteiger partial charge on any atom is -0.352 e. The summed E-state index contributed by atoms with van der Waals surface area (Å²) in [5, 5.41) is 6.24. The van der Waals surface area contributed by atoms with Gasteiger partial charge in [0.2, 0.25) is 5.91 Å². The second-order valence-electron chi connectivity index (χ2n) is 6.03. The zero-order valence-corrected chi connectivity index (χ0v) is 14.4. The minimum atomic E-state index is -0.417. The average Bonchev–Trinajstić information content (AvgIpc) is 2.72. The van der Waals surface area contributed by atoms with Crippen LogP contribution in [-0.2, 0) is 4.79 Å². The lowest BCUT2D eigenvalue weighted by atomic mass is 10.0. The second kappa shape index (κ2) is 6.41. The predicted molar refractivity (Wildman–Crippen MR) is 88.1 cm³/mol. The van der Waals surface area contributed by atoms with Crippen LogP contribution in [0.15, 0.2) is 22.7 Å². The number of halogens is 1. The first-order valence-corrected chi connectivity index (χ1v) is 8.43. The summed E-state index contributed by atoms with van der Waals surface area (Å²) in [4.78, 5) is 37.8. The van der Waals surface area contributed by atoms with Crippen LogP contribution in [0.4, 0.5) is 0 Å². The molecule has 23 heavy (non-hydrogen) atoms. The van der Waals surface area contributed by atoms with Gasteiger partial charge in [-0.3, -0.25) is 19.3 Å².